The number of para-hydroxylation sites is 1. The Morgan fingerprint density at radius 3 is 2.27 bits per heavy atom. The van der Waals surface area contributed by atoms with Crippen molar-refractivity contribution in [3.8, 4) is 0 Å². The fourth-order valence-electron chi connectivity index (χ4n) is 4.68. The Bertz CT molecular complexity index is 1250. The molecule has 0 aliphatic carbocycles. The molecule has 7 heteroatoms. The van der Waals surface area contributed by atoms with E-state index < -0.39 is 17.6 Å². The molecular formula is C30H33N3O4. The van der Waals surface area contributed by atoms with Gasteiger partial charge in [-0.3, -0.25) is 14.7 Å². The summed E-state index contributed by atoms with van der Waals surface area (Å²) in [6.07, 6.45) is 1.70. The fourth-order valence-corrected chi connectivity index (χ4v) is 4.68. The largest absolute Gasteiger partial charge is 0.480 e. The lowest BCUT2D eigenvalue weighted by Crippen LogP contribution is -2.41. The van der Waals surface area contributed by atoms with Gasteiger partial charge in [-0.15, -0.1) is 0 Å². The fraction of sp³-hybridized carbons (Fsp3) is 0.300. The molecule has 37 heavy (non-hydrogen) atoms. The number of nitrogens with zero attached hydrogens (tertiary/aromatic N) is 2. The number of rotatable bonds is 9. The molecule has 3 N–H and O–H groups in total. The number of aliphatic carboxylic acids is 1. The third-order valence-corrected chi connectivity index (χ3v) is 6.54. The van der Waals surface area contributed by atoms with Crippen molar-refractivity contribution in [3.63, 3.8) is 0 Å². The smallest absolute Gasteiger partial charge is 0.331 e. The zero-order valence-corrected chi connectivity index (χ0v) is 21.2. The first kappa shape index (κ1) is 26.3. The lowest BCUT2D eigenvalue weighted by molar-refractivity contribution is -0.143. The topological polar surface area (TPSA) is 102 Å². The van der Waals surface area contributed by atoms with E-state index in [9.17, 15) is 19.8 Å². The number of carbonyl (C=O) groups is 2. The van der Waals surface area contributed by atoms with Crippen LogP contribution in [0.15, 0.2) is 89.9 Å². The summed E-state index contributed by atoms with van der Waals surface area (Å²) in [5.74, 6) is -1.34. The van der Waals surface area contributed by atoms with Gasteiger partial charge in [-0.05, 0) is 44.9 Å². The first-order valence-corrected chi connectivity index (χ1v) is 12.5. The van der Waals surface area contributed by atoms with Gasteiger partial charge in [0.2, 0.25) is 5.91 Å². The summed E-state index contributed by atoms with van der Waals surface area (Å²) in [5.41, 5.74) is 1.77. The van der Waals surface area contributed by atoms with Crippen LogP contribution >= 0.6 is 0 Å². The summed E-state index contributed by atoms with van der Waals surface area (Å²) in [4.78, 5) is 32.2. The van der Waals surface area contributed by atoms with Gasteiger partial charge >= 0.3 is 5.97 Å². The van der Waals surface area contributed by atoms with Crippen LogP contribution in [0.4, 0.5) is 5.69 Å². The SMILES string of the molecule is CC(C)(O)[C@@H](N=C(c1ccccc1)c1ccccc1NC(=O)[C@@H]1CCCN1Cc1ccccc1)C(=O)O. The maximum atomic E-state index is 13.5. The van der Waals surface area contributed by atoms with Gasteiger partial charge in [0.1, 0.15) is 0 Å². The Balaban J connectivity index is 1.67. The molecule has 0 bridgehead atoms. The van der Waals surface area contributed by atoms with Gasteiger partial charge in [-0.25, -0.2) is 4.79 Å². The van der Waals surface area contributed by atoms with Crippen LogP contribution in [0.2, 0.25) is 0 Å². The molecular weight excluding hydrogens is 466 g/mol. The number of nitrogens with one attached hydrogen (secondary N) is 1. The minimum atomic E-state index is -1.59. The highest BCUT2D eigenvalue weighted by atomic mass is 16.4. The molecule has 0 radical (unpaired) electrons. The van der Waals surface area contributed by atoms with E-state index in [2.05, 4.69) is 27.3 Å². The van der Waals surface area contributed by atoms with Crippen LogP contribution in [0, 0.1) is 0 Å². The highest BCUT2D eigenvalue weighted by Gasteiger charge is 2.34. The molecule has 1 aliphatic heterocycles. The minimum absolute atomic E-state index is 0.106. The second kappa shape index (κ2) is 11.5. The molecule has 0 unspecified atom stereocenters. The van der Waals surface area contributed by atoms with E-state index in [4.69, 9.17) is 0 Å². The maximum Gasteiger partial charge on any atom is 0.331 e. The van der Waals surface area contributed by atoms with Crippen molar-refractivity contribution in [1.29, 1.82) is 0 Å². The molecule has 1 fully saturated rings. The Labute approximate surface area is 217 Å². The van der Waals surface area contributed by atoms with Gasteiger partial charge in [0, 0.05) is 17.7 Å². The number of aliphatic imine (C=N–C) groups is 1. The van der Waals surface area contributed by atoms with Crippen molar-refractivity contribution >= 4 is 23.3 Å². The summed E-state index contributed by atoms with van der Waals surface area (Å²) >= 11 is 0. The number of carbonyl (C=O) groups excluding carboxylic acids is 1. The molecule has 7 nitrogen and oxygen atoms in total. The predicted molar refractivity (Wildman–Crippen MR) is 145 cm³/mol. The molecule has 1 aliphatic rings. The summed E-state index contributed by atoms with van der Waals surface area (Å²) in [7, 11) is 0. The Kier molecular flexibility index (Phi) is 8.16. The van der Waals surface area contributed by atoms with Crippen LogP contribution in [0.3, 0.4) is 0 Å². The van der Waals surface area contributed by atoms with Crippen LogP contribution in [0.5, 0.6) is 0 Å². The van der Waals surface area contributed by atoms with Crippen LogP contribution in [0.1, 0.15) is 43.4 Å². The van der Waals surface area contributed by atoms with Gasteiger partial charge in [-0.1, -0.05) is 78.9 Å². The standard InChI is InChI=1S/C30H33N3O4/c1-30(2,37)27(29(35)36)32-26(22-14-7-4-8-15-22)23-16-9-10-17-24(23)31-28(34)25-18-11-19-33(25)20-21-12-5-3-6-13-21/h3-10,12-17,25,27,37H,11,18-20H2,1-2H3,(H,31,34)(H,35,36)/t25-,27-/m0/s1. The van der Waals surface area contributed by atoms with E-state index in [1.165, 1.54) is 13.8 Å². The number of likely N-dealkylation sites (tertiary alicyclic amines) is 1. The third-order valence-electron chi connectivity index (χ3n) is 6.54. The van der Waals surface area contributed by atoms with Crippen molar-refractivity contribution < 1.29 is 19.8 Å². The average Bonchev–Trinajstić information content (AvgIpc) is 3.33. The number of amides is 1. The average molecular weight is 500 g/mol. The number of benzene rings is 3. The first-order chi connectivity index (χ1) is 17.7. The Morgan fingerprint density at radius 1 is 1.00 bits per heavy atom. The molecule has 0 spiro atoms. The van der Waals surface area contributed by atoms with E-state index in [1.807, 2.05) is 60.7 Å². The lowest BCUT2D eigenvalue weighted by atomic mass is 9.96. The second-order valence-electron chi connectivity index (χ2n) is 9.89. The zero-order valence-electron chi connectivity index (χ0n) is 21.2. The molecule has 1 amide bonds. The second-order valence-corrected chi connectivity index (χ2v) is 9.89. The minimum Gasteiger partial charge on any atom is -0.480 e. The van der Waals surface area contributed by atoms with E-state index in [1.54, 1.807) is 12.1 Å². The van der Waals surface area contributed by atoms with Crippen LogP contribution in [0.25, 0.3) is 0 Å². The van der Waals surface area contributed by atoms with Crippen molar-refractivity contribution in [3.05, 3.63) is 102 Å². The summed E-state index contributed by atoms with van der Waals surface area (Å²) in [5, 5.41) is 23.4. The van der Waals surface area contributed by atoms with Crippen molar-refractivity contribution in [1.82, 2.24) is 4.90 Å². The molecule has 0 saturated carbocycles. The maximum absolute atomic E-state index is 13.5. The van der Waals surface area contributed by atoms with Gasteiger partial charge < -0.3 is 15.5 Å². The van der Waals surface area contributed by atoms with Crippen molar-refractivity contribution in [2.45, 2.75) is 50.9 Å². The van der Waals surface area contributed by atoms with Gasteiger partial charge in [0.25, 0.3) is 0 Å². The van der Waals surface area contributed by atoms with Crippen LogP contribution in [-0.4, -0.2) is 56.9 Å². The molecule has 3 aromatic carbocycles. The van der Waals surface area contributed by atoms with Crippen LogP contribution < -0.4 is 5.32 Å². The van der Waals surface area contributed by atoms with Gasteiger partial charge in [0.05, 0.1) is 23.0 Å². The molecule has 192 valence electrons. The number of carboxylic acid groups (broad SMARTS) is 1. The summed E-state index contributed by atoms with van der Waals surface area (Å²) in [6.45, 7) is 4.39. The monoisotopic (exact) mass is 499 g/mol. The van der Waals surface area contributed by atoms with E-state index in [-0.39, 0.29) is 11.9 Å². The predicted octanol–water partition coefficient (Wildman–Crippen LogP) is 4.35. The first-order valence-electron chi connectivity index (χ1n) is 12.5. The lowest BCUT2D eigenvalue weighted by Gasteiger charge is -2.25. The van der Waals surface area contributed by atoms with E-state index in [0.717, 1.165) is 24.9 Å². The molecule has 1 heterocycles. The number of anilines is 1. The van der Waals surface area contributed by atoms with E-state index >= 15 is 0 Å². The zero-order chi connectivity index (χ0) is 26.4. The molecule has 1 saturated heterocycles. The molecule has 0 aromatic heterocycles. The molecule has 2 atom stereocenters. The highest BCUT2D eigenvalue weighted by Crippen LogP contribution is 2.26. The quantitative estimate of drug-likeness (QED) is 0.380. The number of hydrogen-bond acceptors (Lipinski definition) is 5. The van der Waals surface area contributed by atoms with Gasteiger partial charge in [0.15, 0.2) is 6.04 Å². The summed E-state index contributed by atoms with van der Waals surface area (Å²) < 4.78 is 0. The molecule has 4 rings (SSSR count). The third kappa shape index (κ3) is 6.50. The number of aliphatic hydroxyl groups is 1. The van der Waals surface area contributed by atoms with E-state index in [0.29, 0.717) is 29.1 Å². The highest BCUT2D eigenvalue weighted by molar-refractivity contribution is 6.17. The van der Waals surface area contributed by atoms with Crippen molar-refractivity contribution in [2.75, 3.05) is 11.9 Å². The normalized spacial score (nSPS) is 17.4. The van der Waals surface area contributed by atoms with Crippen molar-refractivity contribution in [2.24, 2.45) is 4.99 Å². The van der Waals surface area contributed by atoms with Crippen LogP contribution in [-0.2, 0) is 16.1 Å². The number of hydrogen-bond donors (Lipinski definition) is 3. The Morgan fingerprint density at radius 2 is 1.62 bits per heavy atom. The summed E-state index contributed by atoms with van der Waals surface area (Å²) in [6, 6.07) is 24.9. The van der Waals surface area contributed by atoms with Gasteiger partial charge in [-0.2, -0.15) is 0 Å². The number of carboxylic acids is 1. The Hall–Kier alpha value is -3.81. The molecule has 3 aromatic rings.